The molecule has 0 N–H and O–H groups in total. The summed E-state index contributed by atoms with van der Waals surface area (Å²) in [5.74, 6) is -0.0741. The first-order chi connectivity index (χ1) is 4.91. The highest BCUT2D eigenvalue weighted by atomic mass is 32.2. The van der Waals surface area contributed by atoms with Crippen molar-refractivity contribution in [2.45, 2.75) is 38.4 Å². The number of ether oxygens (including phenoxy) is 1. The molecule has 1 fully saturated rings. The van der Waals surface area contributed by atoms with Gasteiger partial charge in [0.15, 0.2) is 5.44 Å². The van der Waals surface area contributed by atoms with E-state index in [0.29, 0.717) is 0 Å². The highest BCUT2D eigenvalue weighted by Crippen LogP contribution is 2.39. The predicted molar refractivity (Wildman–Crippen MR) is 46.4 cm³/mol. The fourth-order valence-corrected chi connectivity index (χ4v) is 1.95. The monoisotopic (exact) mass is 174 g/mol. The molecule has 64 valence electrons. The van der Waals surface area contributed by atoms with E-state index in [1.165, 1.54) is 0 Å². The topological polar surface area (TPSA) is 26.3 Å². The van der Waals surface area contributed by atoms with Crippen molar-refractivity contribution < 1.29 is 9.53 Å². The summed E-state index contributed by atoms with van der Waals surface area (Å²) in [6.07, 6.45) is 0. The number of carbonyl (C=O) groups is 1. The normalized spacial score (nSPS) is 32.2. The van der Waals surface area contributed by atoms with Crippen LogP contribution in [0, 0.1) is 5.41 Å². The Labute approximate surface area is 71.7 Å². The summed E-state index contributed by atoms with van der Waals surface area (Å²) in [6.45, 7) is 8.13. The smallest absolute Gasteiger partial charge is 0.320 e. The number of esters is 1. The summed E-state index contributed by atoms with van der Waals surface area (Å²) in [6, 6.07) is 0. The van der Waals surface area contributed by atoms with Gasteiger partial charge in [-0.2, -0.15) is 0 Å². The Balaban J connectivity index is 2.61. The number of hydrogen-bond donors (Lipinski definition) is 0. The van der Waals surface area contributed by atoms with Gasteiger partial charge in [-0.15, -0.1) is 11.8 Å². The molecule has 2 nitrogen and oxygen atoms in total. The largest absolute Gasteiger partial charge is 0.450 e. The van der Waals surface area contributed by atoms with E-state index in [1.807, 2.05) is 6.92 Å². The fourth-order valence-electron chi connectivity index (χ4n) is 0.851. The molecule has 0 bridgehead atoms. The maximum atomic E-state index is 11.0. The molecule has 0 aliphatic carbocycles. The summed E-state index contributed by atoms with van der Waals surface area (Å²) < 4.78 is 5.16. The van der Waals surface area contributed by atoms with Gasteiger partial charge in [-0.1, -0.05) is 20.8 Å². The highest BCUT2D eigenvalue weighted by molar-refractivity contribution is 8.01. The van der Waals surface area contributed by atoms with E-state index in [0.717, 1.165) is 0 Å². The molecule has 0 aromatic heterocycles. The summed E-state index contributed by atoms with van der Waals surface area (Å²) in [7, 11) is 0. The third kappa shape index (κ3) is 1.89. The predicted octanol–water partition coefficient (Wildman–Crippen LogP) is 2.04. The molecule has 1 heterocycles. The zero-order valence-electron chi connectivity index (χ0n) is 7.38. The maximum absolute atomic E-state index is 11.0. The third-order valence-electron chi connectivity index (χ3n) is 1.59. The number of cyclic esters (lactones) is 1. The van der Waals surface area contributed by atoms with Crippen LogP contribution in [0.5, 0.6) is 0 Å². The van der Waals surface area contributed by atoms with Crippen molar-refractivity contribution in [3.8, 4) is 0 Å². The Kier molecular flexibility index (Phi) is 2.19. The summed E-state index contributed by atoms with van der Waals surface area (Å²) in [4.78, 5) is 11.0. The van der Waals surface area contributed by atoms with Crippen molar-refractivity contribution in [3.05, 3.63) is 0 Å². The van der Waals surface area contributed by atoms with Gasteiger partial charge in [0.25, 0.3) is 0 Å². The van der Waals surface area contributed by atoms with Gasteiger partial charge in [-0.05, 0) is 6.92 Å². The second-order valence-corrected chi connectivity index (χ2v) is 5.32. The molecule has 3 heteroatoms. The van der Waals surface area contributed by atoms with Crippen molar-refractivity contribution in [2.24, 2.45) is 5.41 Å². The van der Waals surface area contributed by atoms with Crippen LogP contribution in [0.15, 0.2) is 0 Å². The molecule has 0 spiro atoms. The van der Waals surface area contributed by atoms with E-state index in [1.54, 1.807) is 11.8 Å². The average Bonchev–Trinajstić information content (AvgIpc) is 2.11. The molecule has 0 aromatic carbocycles. The minimum absolute atomic E-state index is 0.0132. The van der Waals surface area contributed by atoms with Crippen LogP contribution in [-0.2, 0) is 9.53 Å². The molecule has 11 heavy (non-hydrogen) atoms. The molecule has 0 saturated carbocycles. The van der Waals surface area contributed by atoms with Gasteiger partial charge in [-0.3, -0.25) is 4.79 Å². The van der Waals surface area contributed by atoms with E-state index < -0.39 is 0 Å². The molecule has 1 aliphatic rings. The SMILES string of the molecule is CC1S[C@@H](C(C)(C)C)OC1=O. The lowest BCUT2D eigenvalue weighted by Crippen LogP contribution is -2.23. The zero-order chi connectivity index (χ0) is 8.65. The van der Waals surface area contributed by atoms with Crippen LogP contribution in [0.2, 0.25) is 0 Å². The molecule has 1 unspecified atom stereocenters. The Morgan fingerprint density at radius 3 is 2.18 bits per heavy atom. The van der Waals surface area contributed by atoms with Crippen LogP contribution in [0.3, 0.4) is 0 Å². The summed E-state index contributed by atoms with van der Waals surface area (Å²) in [5, 5.41) is 0.0132. The standard InChI is InChI=1S/C8H14O2S/c1-5-6(9)10-7(11-5)8(2,3)4/h5,7H,1-4H3/t5?,7-/m0/s1. The second kappa shape index (κ2) is 2.70. The average molecular weight is 174 g/mol. The highest BCUT2D eigenvalue weighted by Gasteiger charge is 2.38. The van der Waals surface area contributed by atoms with E-state index >= 15 is 0 Å². The first-order valence-electron chi connectivity index (χ1n) is 3.77. The zero-order valence-corrected chi connectivity index (χ0v) is 8.20. The Morgan fingerprint density at radius 2 is 2.00 bits per heavy atom. The van der Waals surface area contributed by atoms with Gasteiger partial charge in [0.1, 0.15) is 5.25 Å². The van der Waals surface area contributed by atoms with Crippen LogP contribution in [0.4, 0.5) is 0 Å². The third-order valence-corrected chi connectivity index (χ3v) is 3.24. The Bertz CT molecular complexity index is 171. The van der Waals surface area contributed by atoms with Gasteiger partial charge in [0.05, 0.1) is 0 Å². The second-order valence-electron chi connectivity index (χ2n) is 3.91. The molecule has 0 aromatic rings. The van der Waals surface area contributed by atoms with E-state index in [-0.39, 0.29) is 22.1 Å². The van der Waals surface area contributed by atoms with Gasteiger partial charge in [0.2, 0.25) is 0 Å². The fraction of sp³-hybridized carbons (Fsp3) is 0.875. The van der Waals surface area contributed by atoms with Crippen molar-refractivity contribution in [1.82, 2.24) is 0 Å². The number of hydrogen-bond acceptors (Lipinski definition) is 3. The molecule has 0 radical (unpaired) electrons. The van der Waals surface area contributed by atoms with Crippen LogP contribution < -0.4 is 0 Å². The van der Waals surface area contributed by atoms with Crippen molar-refractivity contribution in [3.63, 3.8) is 0 Å². The van der Waals surface area contributed by atoms with Crippen LogP contribution in [0.1, 0.15) is 27.7 Å². The molecular formula is C8H14O2S. The van der Waals surface area contributed by atoms with Gasteiger partial charge in [-0.25, -0.2) is 0 Å². The number of rotatable bonds is 0. The van der Waals surface area contributed by atoms with Gasteiger partial charge >= 0.3 is 5.97 Å². The Morgan fingerprint density at radius 1 is 1.45 bits per heavy atom. The van der Waals surface area contributed by atoms with Crippen molar-refractivity contribution in [2.75, 3.05) is 0 Å². The molecule has 2 atom stereocenters. The van der Waals surface area contributed by atoms with Crippen LogP contribution >= 0.6 is 11.8 Å². The van der Waals surface area contributed by atoms with Crippen molar-refractivity contribution in [1.29, 1.82) is 0 Å². The molecule has 1 aliphatic heterocycles. The first kappa shape index (κ1) is 8.91. The van der Waals surface area contributed by atoms with Crippen LogP contribution in [-0.4, -0.2) is 16.7 Å². The lowest BCUT2D eigenvalue weighted by molar-refractivity contribution is -0.144. The first-order valence-corrected chi connectivity index (χ1v) is 4.71. The summed E-state index contributed by atoms with van der Waals surface area (Å²) >= 11 is 1.61. The van der Waals surface area contributed by atoms with Crippen LogP contribution in [0.25, 0.3) is 0 Å². The Hall–Kier alpha value is -0.180. The summed E-state index contributed by atoms with van der Waals surface area (Å²) in [5.41, 5.74) is 0.0930. The van der Waals surface area contributed by atoms with Gasteiger partial charge in [0, 0.05) is 5.41 Å². The van der Waals surface area contributed by atoms with Crippen molar-refractivity contribution >= 4 is 17.7 Å². The van der Waals surface area contributed by atoms with E-state index in [9.17, 15) is 4.79 Å². The number of thioether (sulfide) groups is 1. The van der Waals surface area contributed by atoms with E-state index in [2.05, 4.69) is 20.8 Å². The number of carbonyl (C=O) groups excluding carboxylic acids is 1. The molecule has 1 saturated heterocycles. The maximum Gasteiger partial charge on any atom is 0.320 e. The molecule has 0 amide bonds. The lowest BCUT2D eigenvalue weighted by Gasteiger charge is -2.23. The quantitative estimate of drug-likeness (QED) is 0.526. The van der Waals surface area contributed by atoms with Gasteiger partial charge < -0.3 is 4.74 Å². The molecule has 1 rings (SSSR count). The molecular weight excluding hydrogens is 160 g/mol. The van der Waals surface area contributed by atoms with E-state index in [4.69, 9.17) is 4.74 Å². The lowest BCUT2D eigenvalue weighted by atomic mass is 9.98. The minimum Gasteiger partial charge on any atom is -0.450 e. The minimum atomic E-state index is -0.0741.